The van der Waals surface area contributed by atoms with Gasteiger partial charge in [0.2, 0.25) is 5.12 Å². The minimum absolute atomic E-state index is 0.547. The van der Waals surface area contributed by atoms with Crippen molar-refractivity contribution in [2.75, 3.05) is 5.32 Å². The van der Waals surface area contributed by atoms with E-state index in [1.165, 1.54) is 11.8 Å². The first-order chi connectivity index (χ1) is 9.57. The van der Waals surface area contributed by atoms with Crippen LogP contribution in [-0.2, 0) is 0 Å². The van der Waals surface area contributed by atoms with Crippen LogP contribution in [0.25, 0.3) is 0 Å². The first kappa shape index (κ1) is 13.8. The van der Waals surface area contributed by atoms with Crippen LogP contribution in [0.2, 0.25) is 10.0 Å². The van der Waals surface area contributed by atoms with Crippen molar-refractivity contribution in [2.24, 2.45) is 10.7 Å². The third kappa shape index (κ3) is 2.65. The maximum absolute atomic E-state index is 6.23. The Labute approximate surface area is 131 Å². The summed E-state index contributed by atoms with van der Waals surface area (Å²) < 4.78 is 0. The third-order valence-corrected chi connectivity index (χ3v) is 4.61. The van der Waals surface area contributed by atoms with Crippen molar-refractivity contribution in [3.8, 4) is 0 Å². The molecule has 2 aromatic carbocycles. The van der Waals surface area contributed by atoms with E-state index in [4.69, 9.17) is 28.9 Å². The van der Waals surface area contributed by atoms with Crippen LogP contribution in [0.1, 0.15) is 5.56 Å². The van der Waals surface area contributed by atoms with Gasteiger partial charge in [0.1, 0.15) is 0 Å². The van der Waals surface area contributed by atoms with Crippen molar-refractivity contribution < 1.29 is 0 Å². The van der Waals surface area contributed by atoms with E-state index < -0.39 is 5.12 Å². The highest BCUT2D eigenvalue weighted by atomic mass is 35.5. The average Bonchev–Trinajstić information content (AvgIpc) is 2.74. The molecule has 0 bridgehead atoms. The van der Waals surface area contributed by atoms with Crippen LogP contribution in [0.4, 0.5) is 5.69 Å². The molecule has 3 N–H and O–H groups in total. The number of para-hydroxylation sites is 1. The molecule has 102 valence electrons. The van der Waals surface area contributed by atoms with Gasteiger partial charge < -0.3 is 5.32 Å². The Kier molecular flexibility index (Phi) is 3.65. The zero-order chi connectivity index (χ0) is 14.2. The summed E-state index contributed by atoms with van der Waals surface area (Å²) in [6, 6.07) is 13.2. The molecule has 1 heterocycles. The number of rotatable bonds is 2. The number of halogens is 2. The topological polar surface area (TPSA) is 50.4 Å². The van der Waals surface area contributed by atoms with Crippen LogP contribution in [0, 0.1) is 0 Å². The van der Waals surface area contributed by atoms with Gasteiger partial charge in [0.05, 0.1) is 15.7 Å². The number of thioether (sulfide) groups is 1. The molecule has 0 fully saturated rings. The lowest BCUT2D eigenvalue weighted by atomic mass is 10.2. The van der Waals surface area contributed by atoms with Crippen LogP contribution in [-0.4, -0.2) is 11.3 Å². The van der Waals surface area contributed by atoms with Gasteiger partial charge in [-0.05, 0) is 24.3 Å². The fraction of sp³-hybridized carbons (Fsp3) is 0.0714. The van der Waals surface area contributed by atoms with E-state index in [2.05, 4.69) is 10.3 Å². The number of aliphatic imine (C=N–C) groups is 1. The molecule has 0 amide bonds. The van der Waals surface area contributed by atoms with Gasteiger partial charge in [-0.3, -0.25) is 5.73 Å². The first-order valence-electron chi connectivity index (χ1n) is 5.92. The number of hydrogen-bond acceptors (Lipinski definition) is 4. The van der Waals surface area contributed by atoms with Gasteiger partial charge in [-0.2, -0.15) is 0 Å². The van der Waals surface area contributed by atoms with E-state index in [1.54, 1.807) is 24.4 Å². The van der Waals surface area contributed by atoms with Gasteiger partial charge in [-0.1, -0.05) is 53.2 Å². The zero-order valence-electron chi connectivity index (χ0n) is 10.3. The molecule has 0 radical (unpaired) electrons. The molecule has 3 nitrogen and oxygen atoms in total. The summed E-state index contributed by atoms with van der Waals surface area (Å²) in [6.07, 6.45) is 1.61. The van der Waals surface area contributed by atoms with Crippen LogP contribution in [0.5, 0.6) is 0 Å². The fourth-order valence-corrected chi connectivity index (χ4v) is 3.37. The average molecular weight is 324 g/mol. The van der Waals surface area contributed by atoms with Gasteiger partial charge in [0.15, 0.2) is 0 Å². The molecular weight excluding hydrogens is 313 g/mol. The van der Waals surface area contributed by atoms with E-state index in [1.807, 2.05) is 24.3 Å². The number of nitrogens with two attached hydrogens (primary N) is 1. The molecule has 0 saturated heterocycles. The molecular formula is C14H11Cl2N3S. The van der Waals surface area contributed by atoms with Crippen molar-refractivity contribution in [2.45, 2.75) is 10.0 Å². The summed E-state index contributed by atoms with van der Waals surface area (Å²) in [5, 5.41) is 3.33. The molecule has 6 heteroatoms. The normalized spacial score (nSPS) is 20.9. The molecule has 1 aliphatic heterocycles. The zero-order valence-corrected chi connectivity index (χ0v) is 12.6. The van der Waals surface area contributed by atoms with E-state index in [0.717, 1.165) is 10.6 Å². The largest absolute Gasteiger partial charge is 0.339 e. The van der Waals surface area contributed by atoms with Gasteiger partial charge in [-0.15, -0.1) is 0 Å². The molecule has 3 rings (SSSR count). The smallest absolute Gasteiger partial charge is 0.237 e. The highest BCUT2D eigenvalue weighted by Gasteiger charge is 2.32. The molecule has 1 unspecified atom stereocenters. The SMILES string of the molecule is NC1(N=Cc2c(Cl)cccc2Cl)Nc2ccccc2S1. The highest BCUT2D eigenvalue weighted by Crippen LogP contribution is 2.43. The summed E-state index contributed by atoms with van der Waals surface area (Å²) >= 11 is 13.7. The standard InChI is InChI=1S/C14H11Cl2N3S/c15-10-4-3-5-11(16)9(10)8-18-14(17)19-12-6-1-2-7-13(12)20-14/h1-8,19H,17H2. The van der Waals surface area contributed by atoms with Crippen LogP contribution in [0.3, 0.4) is 0 Å². The second-order valence-electron chi connectivity index (χ2n) is 4.31. The number of anilines is 1. The Morgan fingerprint density at radius 1 is 1.10 bits per heavy atom. The Morgan fingerprint density at radius 2 is 1.80 bits per heavy atom. The van der Waals surface area contributed by atoms with Crippen molar-refractivity contribution in [1.82, 2.24) is 0 Å². The second-order valence-corrected chi connectivity index (χ2v) is 6.39. The minimum Gasteiger partial charge on any atom is -0.339 e. The van der Waals surface area contributed by atoms with Gasteiger partial charge >= 0.3 is 0 Å². The van der Waals surface area contributed by atoms with Crippen molar-refractivity contribution in [1.29, 1.82) is 0 Å². The number of benzene rings is 2. The summed E-state index contributed by atoms with van der Waals surface area (Å²) in [7, 11) is 0. The quantitative estimate of drug-likeness (QED) is 0.814. The fourth-order valence-electron chi connectivity index (χ4n) is 1.90. The van der Waals surface area contributed by atoms with Crippen molar-refractivity contribution in [3.05, 3.63) is 58.1 Å². The predicted molar refractivity (Wildman–Crippen MR) is 86.9 cm³/mol. The van der Waals surface area contributed by atoms with Gasteiger partial charge in [0, 0.05) is 16.7 Å². The Balaban J connectivity index is 1.87. The van der Waals surface area contributed by atoms with Crippen molar-refractivity contribution in [3.63, 3.8) is 0 Å². The van der Waals surface area contributed by atoms with E-state index in [9.17, 15) is 0 Å². The summed E-state index contributed by atoms with van der Waals surface area (Å²) in [5.41, 5.74) is 7.87. The van der Waals surface area contributed by atoms with Gasteiger partial charge in [0.25, 0.3) is 0 Å². The van der Waals surface area contributed by atoms with Crippen LogP contribution < -0.4 is 11.1 Å². The number of hydrogen-bond donors (Lipinski definition) is 2. The third-order valence-electron chi connectivity index (χ3n) is 2.85. The number of nitrogens with zero attached hydrogens (tertiary/aromatic N) is 1. The van der Waals surface area contributed by atoms with E-state index in [-0.39, 0.29) is 0 Å². The highest BCUT2D eigenvalue weighted by molar-refractivity contribution is 8.01. The molecule has 2 aromatic rings. The minimum atomic E-state index is -0.938. The lowest BCUT2D eigenvalue weighted by molar-refractivity contribution is 0.754. The number of nitrogens with one attached hydrogen (secondary N) is 1. The maximum atomic E-state index is 6.23. The molecule has 0 aliphatic carbocycles. The summed E-state index contributed by atoms with van der Waals surface area (Å²) in [4.78, 5) is 5.46. The number of fused-ring (bicyclic) bond motifs is 1. The lowest BCUT2D eigenvalue weighted by Crippen LogP contribution is -2.39. The molecule has 1 aliphatic rings. The van der Waals surface area contributed by atoms with E-state index >= 15 is 0 Å². The molecule has 20 heavy (non-hydrogen) atoms. The van der Waals surface area contributed by atoms with Gasteiger partial charge in [-0.25, -0.2) is 4.99 Å². The van der Waals surface area contributed by atoms with Crippen molar-refractivity contribution >= 4 is 46.9 Å². The molecule has 1 atom stereocenters. The monoisotopic (exact) mass is 323 g/mol. The molecule has 0 saturated carbocycles. The maximum Gasteiger partial charge on any atom is 0.237 e. The van der Waals surface area contributed by atoms with Crippen LogP contribution in [0.15, 0.2) is 52.4 Å². The molecule has 0 aromatic heterocycles. The summed E-state index contributed by atoms with van der Waals surface area (Å²) in [6.45, 7) is 0. The van der Waals surface area contributed by atoms with Crippen LogP contribution >= 0.6 is 35.0 Å². The Hall–Kier alpha value is -1.20. The second kappa shape index (κ2) is 5.30. The predicted octanol–water partition coefficient (Wildman–Crippen LogP) is 4.20. The first-order valence-corrected chi connectivity index (χ1v) is 7.49. The Morgan fingerprint density at radius 3 is 2.50 bits per heavy atom. The molecule has 0 spiro atoms. The lowest BCUT2D eigenvalue weighted by Gasteiger charge is -2.18. The Bertz CT molecular complexity index is 643. The summed E-state index contributed by atoms with van der Waals surface area (Å²) in [5.74, 6) is 0. The van der Waals surface area contributed by atoms with E-state index in [0.29, 0.717) is 15.6 Å².